The van der Waals surface area contributed by atoms with Crippen molar-refractivity contribution in [3.8, 4) is 0 Å². The fourth-order valence-corrected chi connectivity index (χ4v) is 1.54. The summed E-state index contributed by atoms with van der Waals surface area (Å²) in [6, 6.07) is 0. The lowest BCUT2D eigenvalue weighted by Gasteiger charge is -2.19. The minimum absolute atomic E-state index is 0.144. The van der Waals surface area contributed by atoms with Gasteiger partial charge in [-0.1, -0.05) is 11.8 Å². The molecule has 1 aliphatic rings. The van der Waals surface area contributed by atoms with E-state index in [4.69, 9.17) is 10.5 Å². The molecule has 1 heterocycles. The summed E-state index contributed by atoms with van der Waals surface area (Å²) < 4.78 is 4.77. The second kappa shape index (κ2) is 4.37. The van der Waals surface area contributed by atoms with Gasteiger partial charge in [0.2, 0.25) is 0 Å². The SMILES string of the molecule is CCOC(=O)CN1C=CSC1N. The van der Waals surface area contributed by atoms with Crippen LogP contribution in [-0.4, -0.2) is 29.5 Å². The summed E-state index contributed by atoms with van der Waals surface area (Å²) in [5, 5.41) is 1.86. The molecule has 5 heteroatoms. The highest BCUT2D eigenvalue weighted by Gasteiger charge is 2.18. The Balaban J connectivity index is 2.30. The molecule has 0 spiro atoms. The molecule has 4 nitrogen and oxygen atoms in total. The molecule has 1 aliphatic heterocycles. The van der Waals surface area contributed by atoms with Crippen molar-refractivity contribution >= 4 is 17.7 Å². The van der Waals surface area contributed by atoms with Crippen LogP contribution in [0.3, 0.4) is 0 Å². The first-order chi connectivity index (χ1) is 5.74. The fourth-order valence-electron chi connectivity index (χ4n) is 0.855. The predicted molar refractivity (Wildman–Crippen MR) is 48.0 cm³/mol. The average Bonchev–Trinajstić information content (AvgIpc) is 2.37. The average molecular weight is 188 g/mol. The largest absolute Gasteiger partial charge is 0.465 e. The number of thioether (sulfide) groups is 1. The maximum absolute atomic E-state index is 11.0. The molecule has 0 aromatic heterocycles. The van der Waals surface area contributed by atoms with E-state index < -0.39 is 0 Å². The van der Waals surface area contributed by atoms with E-state index in [-0.39, 0.29) is 18.0 Å². The first-order valence-electron chi connectivity index (χ1n) is 3.73. The zero-order valence-corrected chi connectivity index (χ0v) is 7.71. The Morgan fingerprint density at radius 3 is 3.08 bits per heavy atom. The van der Waals surface area contributed by atoms with Crippen molar-refractivity contribution in [2.24, 2.45) is 5.73 Å². The first-order valence-corrected chi connectivity index (χ1v) is 4.67. The molecule has 1 unspecified atom stereocenters. The van der Waals surface area contributed by atoms with Crippen molar-refractivity contribution in [3.63, 3.8) is 0 Å². The van der Waals surface area contributed by atoms with Crippen molar-refractivity contribution in [3.05, 3.63) is 11.6 Å². The number of rotatable bonds is 3. The number of ether oxygens (including phenoxy) is 1. The molecule has 0 amide bonds. The second-order valence-corrected chi connectivity index (χ2v) is 3.32. The molecule has 0 bridgehead atoms. The lowest BCUT2D eigenvalue weighted by atomic mass is 10.5. The molecule has 0 radical (unpaired) electrons. The Morgan fingerprint density at radius 2 is 2.58 bits per heavy atom. The Morgan fingerprint density at radius 1 is 1.83 bits per heavy atom. The zero-order chi connectivity index (χ0) is 8.97. The number of esters is 1. The lowest BCUT2D eigenvalue weighted by Crippen LogP contribution is -2.36. The summed E-state index contributed by atoms with van der Waals surface area (Å²) in [6.45, 7) is 2.43. The van der Waals surface area contributed by atoms with Crippen LogP contribution in [0, 0.1) is 0 Å². The van der Waals surface area contributed by atoms with Gasteiger partial charge in [-0.15, -0.1) is 0 Å². The maximum Gasteiger partial charge on any atom is 0.325 e. The highest BCUT2D eigenvalue weighted by Crippen LogP contribution is 2.19. The zero-order valence-electron chi connectivity index (χ0n) is 6.90. The van der Waals surface area contributed by atoms with Crippen LogP contribution in [0.1, 0.15) is 6.92 Å². The van der Waals surface area contributed by atoms with Crippen molar-refractivity contribution in [1.29, 1.82) is 0 Å². The van der Waals surface area contributed by atoms with Gasteiger partial charge in [0.15, 0.2) is 0 Å². The quantitative estimate of drug-likeness (QED) is 0.646. The van der Waals surface area contributed by atoms with Gasteiger partial charge in [-0.25, -0.2) is 0 Å². The van der Waals surface area contributed by atoms with Gasteiger partial charge in [0, 0.05) is 6.20 Å². The minimum Gasteiger partial charge on any atom is -0.465 e. The normalized spacial score (nSPS) is 21.5. The monoisotopic (exact) mass is 188 g/mol. The van der Waals surface area contributed by atoms with Gasteiger partial charge in [-0.05, 0) is 12.3 Å². The van der Waals surface area contributed by atoms with Crippen LogP contribution in [0.25, 0.3) is 0 Å². The molecular weight excluding hydrogens is 176 g/mol. The van der Waals surface area contributed by atoms with Crippen molar-refractivity contribution < 1.29 is 9.53 Å². The molecule has 2 N–H and O–H groups in total. The van der Waals surface area contributed by atoms with Crippen LogP contribution >= 0.6 is 11.8 Å². The molecule has 0 saturated carbocycles. The highest BCUT2D eigenvalue weighted by molar-refractivity contribution is 8.02. The number of carbonyl (C=O) groups is 1. The lowest BCUT2D eigenvalue weighted by molar-refractivity contribution is -0.143. The Labute approximate surface area is 75.7 Å². The van der Waals surface area contributed by atoms with Gasteiger partial charge in [0.05, 0.1) is 6.61 Å². The standard InChI is InChI=1S/C7H12N2O2S/c1-2-11-6(10)5-9-3-4-12-7(9)8/h3-4,7H,2,5,8H2,1H3. The number of carbonyl (C=O) groups excluding carboxylic acids is 1. The van der Waals surface area contributed by atoms with E-state index in [1.54, 1.807) is 18.0 Å². The van der Waals surface area contributed by atoms with E-state index in [1.165, 1.54) is 11.8 Å². The molecule has 1 atom stereocenters. The van der Waals surface area contributed by atoms with Crippen LogP contribution in [0.5, 0.6) is 0 Å². The van der Waals surface area contributed by atoms with Crippen LogP contribution in [0.15, 0.2) is 11.6 Å². The van der Waals surface area contributed by atoms with Gasteiger partial charge in [0.1, 0.15) is 12.0 Å². The van der Waals surface area contributed by atoms with E-state index in [0.717, 1.165) is 0 Å². The van der Waals surface area contributed by atoms with Gasteiger partial charge < -0.3 is 15.4 Å². The van der Waals surface area contributed by atoms with Crippen LogP contribution in [0.4, 0.5) is 0 Å². The Kier molecular flexibility index (Phi) is 3.43. The molecule has 0 aliphatic carbocycles. The molecule has 0 aromatic carbocycles. The Hall–Kier alpha value is -0.680. The van der Waals surface area contributed by atoms with Gasteiger partial charge >= 0.3 is 5.97 Å². The number of hydrogen-bond donors (Lipinski definition) is 1. The highest BCUT2D eigenvalue weighted by atomic mass is 32.2. The summed E-state index contributed by atoms with van der Waals surface area (Å²) in [5.41, 5.74) is 5.50. The van der Waals surface area contributed by atoms with E-state index in [9.17, 15) is 4.79 Å². The Bertz CT molecular complexity index is 196. The first kappa shape index (κ1) is 9.41. The van der Waals surface area contributed by atoms with Gasteiger partial charge in [-0.3, -0.25) is 4.79 Å². The van der Waals surface area contributed by atoms with E-state index in [1.807, 2.05) is 5.41 Å². The third-order valence-electron chi connectivity index (χ3n) is 1.41. The summed E-state index contributed by atoms with van der Waals surface area (Å²) >= 11 is 1.48. The number of nitrogens with two attached hydrogens (primary N) is 1. The van der Waals surface area contributed by atoms with E-state index >= 15 is 0 Å². The molecule has 0 aromatic rings. The number of nitrogens with zero attached hydrogens (tertiary/aromatic N) is 1. The molecule has 0 saturated heterocycles. The molecule has 12 heavy (non-hydrogen) atoms. The topological polar surface area (TPSA) is 55.6 Å². The van der Waals surface area contributed by atoms with Gasteiger partial charge in [0.25, 0.3) is 0 Å². The second-order valence-electron chi connectivity index (χ2n) is 2.29. The summed E-state index contributed by atoms with van der Waals surface area (Å²) in [4.78, 5) is 12.7. The number of hydrogen-bond acceptors (Lipinski definition) is 5. The minimum atomic E-state index is -0.236. The van der Waals surface area contributed by atoms with Crippen molar-refractivity contribution in [2.75, 3.05) is 13.2 Å². The summed E-state index contributed by atoms with van der Waals surface area (Å²) in [6.07, 6.45) is 1.80. The van der Waals surface area contributed by atoms with Crippen molar-refractivity contribution in [1.82, 2.24) is 4.90 Å². The molecule has 1 rings (SSSR count). The van der Waals surface area contributed by atoms with Gasteiger partial charge in [-0.2, -0.15) is 0 Å². The molecule has 0 fully saturated rings. The smallest absolute Gasteiger partial charge is 0.325 e. The fraction of sp³-hybridized carbons (Fsp3) is 0.571. The molecular formula is C7H12N2O2S. The maximum atomic E-state index is 11.0. The molecule has 68 valence electrons. The predicted octanol–water partition coefficient (Wildman–Crippen LogP) is 0.312. The third-order valence-corrected chi connectivity index (χ3v) is 2.24. The summed E-state index contributed by atoms with van der Waals surface area (Å²) in [7, 11) is 0. The van der Waals surface area contributed by atoms with E-state index in [0.29, 0.717) is 6.61 Å². The van der Waals surface area contributed by atoms with E-state index in [2.05, 4.69) is 0 Å². The summed E-state index contributed by atoms with van der Waals surface area (Å²) in [5.74, 6) is -0.236. The van der Waals surface area contributed by atoms with Crippen LogP contribution < -0.4 is 5.73 Å². The van der Waals surface area contributed by atoms with Crippen molar-refractivity contribution in [2.45, 2.75) is 12.4 Å². The van der Waals surface area contributed by atoms with Crippen LogP contribution in [-0.2, 0) is 9.53 Å². The third kappa shape index (κ3) is 2.42. The van der Waals surface area contributed by atoms with Crippen LogP contribution in [0.2, 0.25) is 0 Å².